The molecular weight excluding hydrogens is 382 g/mol. The molecule has 0 aliphatic carbocycles. The summed E-state index contributed by atoms with van der Waals surface area (Å²) in [7, 11) is 1.52. The Labute approximate surface area is 174 Å². The second kappa shape index (κ2) is 7.91. The van der Waals surface area contributed by atoms with Gasteiger partial charge in [0.05, 0.1) is 12.7 Å². The van der Waals surface area contributed by atoms with Crippen molar-refractivity contribution in [3.05, 3.63) is 95.0 Å². The second-order valence-electron chi connectivity index (χ2n) is 7.09. The quantitative estimate of drug-likeness (QED) is 0.392. The van der Waals surface area contributed by atoms with Gasteiger partial charge in [0.25, 0.3) is 11.7 Å². The van der Waals surface area contributed by atoms with Gasteiger partial charge in [0, 0.05) is 12.1 Å². The van der Waals surface area contributed by atoms with Crippen molar-refractivity contribution in [2.24, 2.45) is 0 Å². The molecular formula is C24H21NO5. The number of Topliss-reactive ketones (excluding diaryl/α,β-unsaturated/α-hetero) is 1. The Kier molecular flexibility index (Phi) is 5.14. The number of likely N-dealkylation sites (tertiary alicyclic amines) is 1. The zero-order valence-electron chi connectivity index (χ0n) is 16.7. The number of ketones is 1. The first kappa shape index (κ1) is 19.5. The van der Waals surface area contributed by atoms with Crippen LogP contribution in [0.3, 0.4) is 0 Å². The maximum atomic E-state index is 13.0. The Morgan fingerprint density at radius 1 is 1.07 bits per heavy atom. The predicted molar refractivity (Wildman–Crippen MR) is 111 cm³/mol. The molecule has 0 radical (unpaired) electrons. The molecule has 4 rings (SSSR count). The molecule has 1 aliphatic rings. The van der Waals surface area contributed by atoms with Gasteiger partial charge in [-0.2, -0.15) is 0 Å². The number of furan rings is 1. The molecule has 30 heavy (non-hydrogen) atoms. The first-order chi connectivity index (χ1) is 14.5. The highest BCUT2D eigenvalue weighted by Crippen LogP contribution is 2.41. The van der Waals surface area contributed by atoms with Crippen molar-refractivity contribution in [3.8, 4) is 5.75 Å². The Morgan fingerprint density at radius 3 is 2.50 bits per heavy atom. The van der Waals surface area contributed by atoms with Crippen LogP contribution in [0.1, 0.15) is 28.7 Å². The van der Waals surface area contributed by atoms with E-state index in [2.05, 4.69) is 0 Å². The van der Waals surface area contributed by atoms with E-state index in [1.54, 1.807) is 43.3 Å². The van der Waals surface area contributed by atoms with Gasteiger partial charge in [-0.3, -0.25) is 9.59 Å². The van der Waals surface area contributed by atoms with E-state index in [1.807, 2.05) is 30.3 Å². The third kappa shape index (κ3) is 3.48. The van der Waals surface area contributed by atoms with Gasteiger partial charge < -0.3 is 19.2 Å². The third-order valence-electron chi connectivity index (χ3n) is 5.11. The normalized spacial score (nSPS) is 18.1. The molecule has 6 heteroatoms. The minimum Gasteiger partial charge on any atom is -0.507 e. The number of nitrogens with zero attached hydrogens (tertiary/aromatic N) is 1. The molecule has 3 aromatic rings. The van der Waals surface area contributed by atoms with Crippen molar-refractivity contribution < 1.29 is 23.8 Å². The number of aliphatic hydroxyl groups is 1. The molecule has 0 spiro atoms. The van der Waals surface area contributed by atoms with Gasteiger partial charge in [-0.15, -0.1) is 0 Å². The van der Waals surface area contributed by atoms with Crippen LogP contribution in [0, 0.1) is 6.92 Å². The van der Waals surface area contributed by atoms with E-state index < -0.39 is 17.7 Å². The predicted octanol–water partition coefficient (Wildman–Crippen LogP) is 4.22. The van der Waals surface area contributed by atoms with Gasteiger partial charge in [0.1, 0.15) is 29.1 Å². The summed E-state index contributed by atoms with van der Waals surface area (Å²) >= 11 is 0. The van der Waals surface area contributed by atoms with Crippen LogP contribution in [-0.4, -0.2) is 28.8 Å². The molecule has 0 bridgehead atoms. The lowest BCUT2D eigenvalue weighted by molar-refractivity contribution is -0.140. The Hall–Kier alpha value is -3.80. The lowest BCUT2D eigenvalue weighted by atomic mass is 9.99. The molecule has 1 N–H and O–H groups in total. The fraction of sp³-hybridized carbons (Fsp3) is 0.167. The summed E-state index contributed by atoms with van der Waals surface area (Å²) in [4.78, 5) is 27.4. The van der Waals surface area contributed by atoms with Gasteiger partial charge in [0.15, 0.2) is 0 Å². The van der Waals surface area contributed by atoms with Crippen molar-refractivity contribution in [1.82, 2.24) is 4.90 Å². The molecule has 152 valence electrons. The topological polar surface area (TPSA) is 80.0 Å². The summed E-state index contributed by atoms with van der Waals surface area (Å²) in [6.45, 7) is 2.00. The van der Waals surface area contributed by atoms with Gasteiger partial charge in [-0.05, 0) is 36.8 Å². The molecule has 1 aromatic heterocycles. The summed E-state index contributed by atoms with van der Waals surface area (Å²) < 4.78 is 11.0. The zero-order valence-corrected chi connectivity index (χ0v) is 16.7. The number of aryl methyl sites for hydroxylation is 1. The van der Waals surface area contributed by atoms with Crippen LogP contribution in [0.25, 0.3) is 5.76 Å². The standard InChI is InChI=1S/C24H21NO5/c1-15-11-12-19(30-15)21-20(22(26)17-9-6-10-18(13-17)29-2)23(27)24(28)25(21)14-16-7-4-3-5-8-16/h3-13,21,26H,14H2,1-2H3/b22-20+. The van der Waals surface area contributed by atoms with E-state index >= 15 is 0 Å². The van der Waals surface area contributed by atoms with Crippen molar-refractivity contribution in [3.63, 3.8) is 0 Å². The lowest BCUT2D eigenvalue weighted by Crippen LogP contribution is -2.29. The van der Waals surface area contributed by atoms with Crippen LogP contribution < -0.4 is 4.74 Å². The molecule has 0 saturated carbocycles. The van der Waals surface area contributed by atoms with Crippen LogP contribution in [0.5, 0.6) is 5.75 Å². The van der Waals surface area contributed by atoms with Crippen LogP contribution in [-0.2, 0) is 16.1 Å². The van der Waals surface area contributed by atoms with E-state index in [-0.39, 0.29) is 17.9 Å². The number of aliphatic hydroxyl groups excluding tert-OH is 1. The number of methoxy groups -OCH3 is 1. The van der Waals surface area contributed by atoms with Crippen LogP contribution >= 0.6 is 0 Å². The van der Waals surface area contributed by atoms with Crippen molar-refractivity contribution >= 4 is 17.4 Å². The molecule has 1 unspecified atom stereocenters. The van der Waals surface area contributed by atoms with Gasteiger partial charge >= 0.3 is 0 Å². The number of carbonyl (C=O) groups excluding carboxylic acids is 2. The molecule has 1 saturated heterocycles. The maximum absolute atomic E-state index is 13.0. The Balaban J connectivity index is 1.85. The second-order valence-corrected chi connectivity index (χ2v) is 7.09. The van der Waals surface area contributed by atoms with Gasteiger partial charge in [0.2, 0.25) is 0 Å². The van der Waals surface area contributed by atoms with E-state index in [0.717, 1.165) is 5.56 Å². The van der Waals surface area contributed by atoms with Crippen LogP contribution in [0.4, 0.5) is 0 Å². The summed E-state index contributed by atoms with van der Waals surface area (Å²) in [5.41, 5.74) is 1.26. The molecule has 2 aromatic carbocycles. The van der Waals surface area contributed by atoms with Crippen molar-refractivity contribution in [1.29, 1.82) is 0 Å². The van der Waals surface area contributed by atoms with E-state index in [1.165, 1.54) is 12.0 Å². The molecule has 2 heterocycles. The summed E-state index contributed by atoms with van der Waals surface area (Å²) in [6, 6.07) is 18.8. The van der Waals surface area contributed by atoms with E-state index in [0.29, 0.717) is 22.8 Å². The summed E-state index contributed by atoms with van der Waals surface area (Å²) in [5, 5.41) is 11.0. The minimum absolute atomic E-state index is 0.00136. The monoisotopic (exact) mass is 403 g/mol. The largest absolute Gasteiger partial charge is 0.507 e. The average Bonchev–Trinajstić information content (AvgIpc) is 3.30. The van der Waals surface area contributed by atoms with Gasteiger partial charge in [-0.1, -0.05) is 42.5 Å². The third-order valence-corrected chi connectivity index (χ3v) is 5.11. The Morgan fingerprint density at radius 2 is 1.83 bits per heavy atom. The zero-order chi connectivity index (χ0) is 21.3. The minimum atomic E-state index is -0.829. The fourth-order valence-electron chi connectivity index (χ4n) is 3.65. The van der Waals surface area contributed by atoms with E-state index in [9.17, 15) is 14.7 Å². The molecule has 1 aliphatic heterocycles. The lowest BCUT2D eigenvalue weighted by Gasteiger charge is -2.23. The summed E-state index contributed by atoms with van der Waals surface area (Å²) in [5.74, 6) is -0.0822. The molecule has 1 amide bonds. The van der Waals surface area contributed by atoms with Crippen molar-refractivity contribution in [2.75, 3.05) is 7.11 Å². The fourth-order valence-corrected chi connectivity index (χ4v) is 3.65. The number of ether oxygens (including phenoxy) is 1. The number of hydrogen-bond acceptors (Lipinski definition) is 5. The average molecular weight is 403 g/mol. The van der Waals surface area contributed by atoms with Crippen LogP contribution in [0.15, 0.2) is 76.7 Å². The van der Waals surface area contributed by atoms with Gasteiger partial charge in [-0.25, -0.2) is 0 Å². The highest BCUT2D eigenvalue weighted by atomic mass is 16.5. The number of amides is 1. The first-order valence-electron chi connectivity index (χ1n) is 9.52. The molecule has 1 atom stereocenters. The highest BCUT2D eigenvalue weighted by molar-refractivity contribution is 6.46. The van der Waals surface area contributed by atoms with E-state index in [4.69, 9.17) is 9.15 Å². The first-order valence-corrected chi connectivity index (χ1v) is 9.52. The number of hydrogen-bond donors (Lipinski definition) is 1. The number of rotatable bonds is 5. The molecule has 1 fully saturated rings. The molecule has 6 nitrogen and oxygen atoms in total. The van der Waals surface area contributed by atoms with Crippen molar-refractivity contribution in [2.45, 2.75) is 19.5 Å². The summed E-state index contributed by atoms with van der Waals surface area (Å²) in [6.07, 6.45) is 0. The smallest absolute Gasteiger partial charge is 0.296 e. The number of carbonyl (C=O) groups is 2. The maximum Gasteiger partial charge on any atom is 0.296 e. The Bertz CT molecular complexity index is 1130. The SMILES string of the molecule is COc1cccc(/C(O)=C2\C(=O)C(=O)N(Cc3ccccc3)C2c2ccc(C)o2)c1. The highest BCUT2D eigenvalue weighted by Gasteiger charge is 2.47. The van der Waals surface area contributed by atoms with Crippen LogP contribution in [0.2, 0.25) is 0 Å². The number of benzene rings is 2.